The number of rotatable bonds is 5. The van der Waals surface area contributed by atoms with E-state index in [1.165, 1.54) is 6.07 Å². The van der Waals surface area contributed by atoms with Gasteiger partial charge in [-0.25, -0.2) is 4.98 Å². The summed E-state index contributed by atoms with van der Waals surface area (Å²) >= 11 is 0. The van der Waals surface area contributed by atoms with Crippen LogP contribution in [0, 0.1) is 16.0 Å². The third-order valence-corrected chi connectivity index (χ3v) is 3.30. The molecular weight excluding hydrogens is 248 g/mol. The summed E-state index contributed by atoms with van der Waals surface area (Å²) in [6, 6.07) is 3.11. The molecule has 0 saturated carbocycles. The van der Waals surface area contributed by atoms with Crippen molar-refractivity contribution >= 4 is 17.3 Å². The maximum absolute atomic E-state index is 11.1. The lowest BCUT2D eigenvalue weighted by atomic mass is 10.1. The number of nitrogens with zero attached hydrogens (tertiary/aromatic N) is 3. The summed E-state index contributed by atoms with van der Waals surface area (Å²) in [6.45, 7) is 2.19. The maximum Gasteiger partial charge on any atom is 0.311 e. The van der Waals surface area contributed by atoms with E-state index in [0.29, 0.717) is 24.2 Å². The molecule has 0 spiro atoms. The molecule has 1 fully saturated rings. The van der Waals surface area contributed by atoms with Crippen LogP contribution in [0.5, 0.6) is 0 Å². The molecule has 1 unspecified atom stereocenters. The number of pyridine rings is 1. The van der Waals surface area contributed by atoms with Crippen LogP contribution in [0.25, 0.3) is 0 Å². The van der Waals surface area contributed by atoms with E-state index in [2.05, 4.69) is 10.3 Å². The summed E-state index contributed by atoms with van der Waals surface area (Å²) < 4.78 is 5.14. The standard InChI is InChI=1S/C12H18N4O3/c1-13-11-4-3-10(16(17)18)12(14-11)15-6-5-9(7-15)8-19-2/h3-4,9H,5-8H2,1-2H3,(H,13,14). The molecule has 104 valence electrons. The van der Waals surface area contributed by atoms with E-state index in [-0.39, 0.29) is 10.6 Å². The first-order valence-corrected chi connectivity index (χ1v) is 6.22. The molecular formula is C12H18N4O3. The highest BCUT2D eigenvalue weighted by Gasteiger charge is 2.29. The Morgan fingerprint density at radius 1 is 1.63 bits per heavy atom. The SMILES string of the molecule is CNc1ccc([N+](=O)[O-])c(N2CCC(COC)C2)n1. The van der Waals surface area contributed by atoms with Crippen LogP contribution in [0.2, 0.25) is 0 Å². The van der Waals surface area contributed by atoms with Crippen molar-refractivity contribution in [3.05, 3.63) is 22.2 Å². The van der Waals surface area contributed by atoms with Crippen molar-refractivity contribution in [2.45, 2.75) is 6.42 Å². The molecule has 7 heteroatoms. The van der Waals surface area contributed by atoms with Gasteiger partial charge in [0.15, 0.2) is 0 Å². The Morgan fingerprint density at radius 3 is 3.05 bits per heavy atom. The first-order valence-electron chi connectivity index (χ1n) is 6.22. The zero-order chi connectivity index (χ0) is 13.8. The van der Waals surface area contributed by atoms with Crippen molar-refractivity contribution in [3.63, 3.8) is 0 Å². The Bertz CT molecular complexity index is 466. The van der Waals surface area contributed by atoms with Gasteiger partial charge in [0, 0.05) is 39.2 Å². The summed E-state index contributed by atoms with van der Waals surface area (Å²) in [5, 5.41) is 14.0. The summed E-state index contributed by atoms with van der Waals surface area (Å²) in [6.07, 6.45) is 0.969. The summed E-state index contributed by atoms with van der Waals surface area (Å²) in [4.78, 5) is 17.0. The minimum Gasteiger partial charge on any atom is -0.384 e. The molecule has 0 bridgehead atoms. The lowest BCUT2D eigenvalue weighted by Crippen LogP contribution is -2.23. The first-order chi connectivity index (χ1) is 9.15. The fourth-order valence-electron chi connectivity index (χ4n) is 2.35. The van der Waals surface area contributed by atoms with Crippen LogP contribution >= 0.6 is 0 Å². The van der Waals surface area contributed by atoms with Gasteiger partial charge in [0.2, 0.25) is 5.82 Å². The molecule has 1 N–H and O–H groups in total. The zero-order valence-corrected chi connectivity index (χ0v) is 11.1. The van der Waals surface area contributed by atoms with Crippen LogP contribution in [0.3, 0.4) is 0 Å². The highest BCUT2D eigenvalue weighted by molar-refractivity contribution is 5.62. The number of hydrogen-bond acceptors (Lipinski definition) is 6. The number of nitro groups is 1. The van der Waals surface area contributed by atoms with Crippen LogP contribution in [-0.2, 0) is 4.74 Å². The van der Waals surface area contributed by atoms with E-state index in [9.17, 15) is 10.1 Å². The van der Waals surface area contributed by atoms with Gasteiger partial charge < -0.3 is 15.0 Å². The van der Waals surface area contributed by atoms with Gasteiger partial charge in [0.25, 0.3) is 0 Å². The molecule has 19 heavy (non-hydrogen) atoms. The largest absolute Gasteiger partial charge is 0.384 e. The molecule has 1 aromatic heterocycles. The monoisotopic (exact) mass is 266 g/mol. The second-order valence-electron chi connectivity index (χ2n) is 4.60. The third kappa shape index (κ3) is 2.93. The highest BCUT2D eigenvalue weighted by Crippen LogP contribution is 2.31. The summed E-state index contributed by atoms with van der Waals surface area (Å²) in [5.41, 5.74) is 0.0528. The third-order valence-electron chi connectivity index (χ3n) is 3.30. The molecule has 2 heterocycles. The van der Waals surface area contributed by atoms with Crippen molar-refractivity contribution in [2.24, 2.45) is 5.92 Å². The number of nitrogens with one attached hydrogen (secondary N) is 1. The van der Waals surface area contributed by atoms with Crippen molar-refractivity contribution < 1.29 is 9.66 Å². The minimum atomic E-state index is -0.384. The lowest BCUT2D eigenvalue weighted by Gasteiger charge is -2.18. The average molecular weight is 266 g/mol. The zero-order valence-electron chi connectivity index (χ0n) is 11.1. The normalized spacial score (nSPS) is 18.6. The van der Waals surface area contributed by atoms with E-state index in [0.717, 1.165) is 19.5 Å². The van der Waals surface area contributed by atoms with E-state index in [1.807, 2.05) is 4.90 Å². The molecule has 1 atom stereocenters. The highest BCUT2D eigenvalue weighted by atomic mass is 16.6. The van der Waals surface area contributed by atoms with Gasteiger partial charge in [0.1, 0.15) is 5.82 Å². The van der Waals surface area contributed by atoms with Gasteiger partial charge in [-0.3, -0.25) is 10.1 Å². The number of aromatic nitrogens is 1. The topological polar surface area (TPSA) is 80.5 Å². The Labute approximate surface area is 111 Å². The Kier molecular flexibility index (Phi) is 4.16. The molecule has 0 aliphatic carbocycles. The average Bonchev–Trinajstić information content (AvgIpc) is 2.87. The summed E-state index contributed by atoms with van der Waals surface area (Å²) in [5.74, 6) is 1.48. The molecule has 7 nitrogen and oxygen atoms in total. The molecule has 2 rings (SSSR count). The van der Waals surface area contributed by atoms with Gasteiger partial charge in [-0.1, -0.05) is 0 Å². The first kappa shape index (κ1) is 13.5. The quantitative estimate of drug-likeness (QED) is 0.642. The van der Waals surface area contributed by atoms with Crippen LogP contribution in [0.15, 0.2) is 12.1 Å². The Hall–Kier alpha value is -1.89. The molecule has 0 radical (unpaired) electrons. The van der Waals surface area contributed by atoms with Crippen molar-refractivity contribution in [2.75, 3.05) is 44.1 Å². The molecule has 0 amide bonds. The van der Waals surface area contributed by atoms with E-state index in [1.54, 1.807) is 20.2 Å². The molecule has 1 aromatic rings. The fourth-order valence-corrected chi connectivity index (χ4v) is 2.35. The molecule has 1 aliphatic heterocycles. The van der Waals surface area contributed by atoms with Crippen molar-refractivity contribution in [1.82, 2.24) is 4.98 Å². The molecule has 0 aromatic carbocycles. The number of anilines is 2. The minimum absolute atomic E-state index is 0.0528. The van der Waals surface area contributed by atoms with Gasteiger partial charge >= 0.3 is 5.69 Å². The fraction of sp³-hybridized carbons (Fsp3) is 0.583. The Morgan fingerprint density at radius 2 is 2.42 bits per heavy atom. The second-order valence-corrected chi connectivity index (χ2v) is 4.60. The van der Waals surface area contributed by atoms with Gasteiger partial charge in [-0.15, -0.1) is 0 Å². The van der Waals surface area contributed by atoms with E-state index in [4.69, 9.17) is 4.74 Å². The van der Waals surface area contributed by atoms with Gasteiger partial charge in [-0.2, -0.15) is 0 Å². The van der Waals surface area contributed by atoms with E-state index >= 15 is 0 Å². The van der Waals surface area contributed by atoms with Gasteiger partial charge in [-0.05, 0) is 12.5 Å². The van der Waals surface area contributed by atoms with Crippen LogP contribution in [-0.4, -0.2) is 43.8 Å². The van der Waals surface area contributed by atoms with Crippen LogP contribution < -0.4 is 10.2 Å². The van der Waals surface area contributed by atoms with Crippen molar-refractivity contribution in [1.29, 1.82) is 0 Å². The number of ether oxygens (including phenoxy) is 1. The number of methoxy groups -OCH3 is 1. The van der Waals surface area contributed by atoms with Gasteiger partial charge in [0.05, 0.1) is 11.5 Å². The predicted octanol–water partition coefficient (Wildman–Crippen LogP) is 1.50. The Balaban J connectivity index is 2.25. The van der Waals surface area contributed by atoms with Crippen LogP contribution in [0.1, 0.15) is 6.42 Å². The molecule has 1 aliphatic rings. The lowest BCUT2D eigenvalue weighted by molar-refractivity contribution is -0.384. The second kappa shape index (κ2) is 5.83. The van der Waals surface area contributed by atoms with E-state index < -0.39 is 0 Å². The van der Waals surface area contributed by atoms with Crippen LogP contribution in [0.4, 0.5) is 17.3 Å². The summed E-state index contributed by atoms with van der Waals surface area (Å²) in [7, 11) is 3.42. The number of hydrogen-bond donors (Lipinski definition) is 1. The molecule has 1 saturated heterocycles. The maximum atomic E-state index is 11.1. The predicted molar refractivity (Wildman–Crippen MR) is 72.6 cm³/mol. The smallest absolute Gasteiger partial charge is 0.311 e. The van der Waals surface area contributed by atoms with Crippen molar-refractivity contribution in [3.8, 4) is 0 Å².